The fourth-order valence-corrected chi connectivity index (χ4v) is 4.05. The molecule has 0 unspecified atom stereocenters. The number of anilines is 1. The van der Waals surface area contributed by atoms with Gasteiger partial charge in [-0.05, 0) is 36.2 Å². The number of aromatic nitrogens is 6. The van der Waals surface area contributed by atoms with Crippen LogP contribution in [0, 0.1) is 0 Å². The second-order valence-electron chi connectivity index (χ2n) is 7.71. The average molecular weight is 463 g/mol. The summed E-state index contributed by atoms with van der Waals surface area (Å²) in [4.78, 5) is 11.9. The van der Waals surface area contributed by atoms with Crippen LogP contribution in [-0.4, -0.2) is 36.3 Å². The molecule has 0 bridgehead atoms. The lowest BCUT2D eigenvalue weighted by Gasteiger charge is -2.16. The molecule has 0 amide bonds. The van der Waals surface area contributed by atoms with E-state index in [1.165, 1.54) is 6.07 Å². The smallest absolute Gasteiger partial charge is 0.370 e. The third kappa shape index (κ3) is 3.66. The first-order valence-corrected chi connectivity index (χ1v) is 10.6. The summed E-state index contributed by atoms with van der Waals surface area (Å²) in [5.74, 6) is 1.46. The molecule has 7 nitrogen and oxygen atoms in total. The number of hydrogen-bond donors (Lipinski definition) is 2. The summed E-state index contributed by atoms with van der Waals surface area (Å²) in [7, 11) is 1.85. The van der Waals surface area contributed by atoms with Gasteiger partial charge in [-0.3, -0.25) is 0 Å². The van der Waals surface area contributed by atoms with Gasteiger partial charge in [-0.15, -0.1) is 10.2 Å². The Hall–Kier alpha value is -4.21. The largest absolute Gasteiger partial charge is 0.418 e. The van der Waals surface area contributed by atoms with E-state index >= 15 is 0 Å². The number of pyridine rings is 1. The highest BCUT2D eigenvalue weighted by molar-refractivity contribution is 5.95. The summed E-state index contributed by atoms with van der Waals surface area (Å²) in [5.41, 5.74) is 2.34. The lowest BCUT2D eigenvalue weighted by atomic mass is 9.95. The molecule has 2 aromatic carbocycles. The molecule has 5 aromatic rings. The van der Waals surface area contributed by atoms with E-state index in [0.717, 1.165) is 22.8 Å². The zero-order valence-electron chi connectivity index (χ0n) is 18.4. The molecule has 172 valence electrons. The van der Waals surface area contributed by atoms with Gasteiger partial charge in [-0.2, -0.15) is 13.2 Å². The number of aromatic amines is 1. The van der Waals surface area contributed by atoms with Gasteiger partial charge in [-0.25, -0.2) is 9.97 Å². The fourth-order valence-electron chi connectivity index (χ4n) is 4.05. The molecule has 0 atom stereocenters. The SMILES string of the molecule is CCNc1nccc(-c2ccccc2-c2nncn2C)c1-c1nc2c(C(F)(F)F)cccc2[nH]1. The highest BCUT2D eigenvalue weighted by atomic mass is 19.4. The minimum Gasteiger partial charge on any atom is -0.370 e. The van der Waals surface area contributed by atoms with Crippen LogP contribution in [0.3, 0.4) is 0 Å². The van der Waals surface area contributed by atoms with Crippen molar-refractivity contribution in [3.8, 4) is 33.9 Å². The minimum absolute atomic E-state index is 0.135. The Bertz CT molecular complexity index is 1480. The van der Waals surface area contributed by atoms with Crippen LogP contribution >= 0.6 is 0 Å². The fraction of sp³-hybridized carbons (Fsp3) is 0.167. The first-order valence-electron chi connectivity index (χ1n) is 10.6. The van der Waals surface area contributed by atoms with E-state index in [1.807, 2.05) is 48.9 Å². The zero-order valence-corrected chi connectivity index (χ0v) is 18.4. The Balaban J connectivity index is 1.79. The number of nitrogens with zero attached hydrogens (tertiary/aromatic N) is 5. The molecule has 0 spiro atoms. The van der Waals surface area contributed by atoms with E-state index in [-0.39, 0.29) is 5.52 Å². The first-order chi connectivity index (χ1) is 16.4. The molecule has 0 fully saturated rings. The van der Waals surface area contributed by atoms with Gasteiger partial charge in [0.1, 0.15) is 23.5 Å². The Morgan fingerprint density at radius 3 is 2.50 bits per heavy atom. The molecule has 0 saturated carbocycles. The number of nitrogens with one attached hydrogen (secondary N) is 2. The van der Waals surface area contributed by atoms with Crippen LogP contribution in [0.4, 0.5) is 19.0 Å². The molecule has 0 saturated heterocycles. The topological polar surface area (TPSA) is 84.3 Å². The highest BCUT2D eigenvalue weighted by Gasteiger charge is 2.34. The summed E-state index contributed by atoms with van der Waals surface area (Å²) < 4.78 is 42.7. The zero-order chi connectivity index (χ0) is 23.9. The maximum absolute atomic E-state index is 13.6. The van der Waals surface area contributed by atoms with E-state index in [9.17, 15) is 13.2 Å². The molecule has 0 aliphatic rings. The number of halogens is 3. The molecule has 10 heteroatoms. The van der Waals surface area contributed by atoms with Crippen LogP contribution < -0.4 is 5.32 Å². The van der Waals surface area contributed by atoms with Crippen LogP contribution in [0.1, 0.15) is 12.5 Å². The Kier molecular flexibility index (Phi) is 5.27. The van der Waals surface area contributed by atoms with Crippen molar-refractivity contribution in [1.29, 1.82) is 0 Å². The van der Waals surface area contributed by atoms with Crippen molar-refractivity contribution in [3.63, 3.8) is 0 Å². The van der Waals surface area contributed by atoms with Crippen LogP contribution in [0.25, 0.3) is 44.9 Å². The van der Waals surface area contributed by atoms with Gasteiger partial charge in [0, 0.05) is 25.4 Å². The Morgan fingerprint density at radius 1 is 1.00 bits per heavy atom. The van der Waals surface area contributed by atoms with Crippen LogP contribution in [0.2, 0.25) is 0 Å². The van der Waals surface area contributed by atoms with Crippen molar-refractivity contribution in [2.45, 2.75) is 13.1 Å². The number of rotatable bonds is 5. The molecule has 3 aromatic heterocycles. The van der Waals surface area contributed by atoms with Crippen molar-refractivity contribution < 1.29 is 13.2 Å². The van der Waals surface area contributed by atoms with Gasteiger partial charge in [0.15, 0.2) is 5.82 Å². The number of H-pyrrole nitrogens is 1. The van der Waals surface area contributed by atoms with Crippen molar-refractivity contribution in [3.05, 3.63) is 66.6 Å². The quantitative estimate of drug-likeness (QED) is 0.358. The second-order valence-corrected chi connectivity index (χ2v) is 7.71. The van der Waals surface area contributed by atoms with E-state index < -0.39 is 11.7 Å². The van der Waals surface area contributed by atoms with E-state index in [2.05, 4.69) is 30.5 Å². The second kappa shape index (κ2) is 8.29. The monoisotopic (exact) mass is 463 g/mol. The minimum atomic E-state index is -4.52. The van der Waals surface area contributed by atoms with E-state index in [4.69, 9.17) is 0 Å². The molecule has 34 heavy (non-hydrogen) atoms. The molecule has 3 heterocycles. The maximum atomic E-state index is 13.6. The summed E-state index contributed by atoms with van der Waals surface area (Å²) in [6, 6.07) is 13.5. The lowest BCUT2D eigenvalue weighted by molar-refractivity contribution is -0.136. The number of hydrogen-bond acceptors (Lipinski definition) is 5. The summed E-state index contributed by atoms with van der Waals surface area (Å²) in [6.45, 7) is 2.49. The van der Waals surface area contributed by atoms with Crippen LogP contribution in [0.15, 0.2) is 61.1 Å². The van der Waals surface area contributed by atoms with Gasteiger partial charge in [-0.1, -0.05) is 30.3 Å². The standard InChI is InChI=1S/C24H20F3N7/c1-3-28-21-19(22-31-18-10-6-9-17(20(18)32-22)24(25,26)27)15(11-12-29-21)14-7-4-5-8-16(14)23-33-30-13-34(23)2/h4-13H,3H2,1-2H3,(H,28,29)(H,31,32). The first kappa shape index (κ1) is 21.6. The number of aryl methyl sites for hydroxylation is 1. The van der Waals surface area contributed by atoms with Crippen molar-refractivity contribution in [2.24, 2.45) is 7.05 Å². The van der Waals surface area contributed by atoms with Gasteiger partial charge >= 0.3 is 6.18 Å². The van der Waals surface area contributed by atoms with Crippen molar-refractivity contribution in [1.82, 2.24) is 29.7 Å². The van der Waals surface area contributed by atoms with Crippen LogP contribution in [0.5, 0.6) is 0 Å². The van der Waals surface area contributed by atoms with Gasteiger partial charge in [0.25, 0.3) is 0 Å². The number of fused-ring (bicyclic) bond motifs is 1. The molecule has 2 N–H and O–H groups in total. The number of benzene rings is 2. The van der Waals surface area contributed by atoms with Crippen molar-refractivity contribution in [2.75, 3.05) is 11.9 Å². The number of para-hydroxylation sites is 1. The number of imidazole rings is 1. The van der Waals surface area contributed by atoms with Crippen LogP contribution in [-0.2, 0) is 13.2 Å². The highest BCUT2D eigenvalue weighted by Crippen LogP contribution is 2.41. The summed E-state index contributed by atoms with van der Waals surface area (Å²) in [6.07, 6.45) is -1.25. The molecule has 0 aliphatic heterocycles. The molecule has 0 radical (unpaired) electrons. The normalized spacial score (nSPS) is 11.8. The average Bonchev–Trinajstić information content (AvgIpc) is 3.44. The molecular weight excluding hydrogens is 443 g/mol. The summed E-state index contributed by atoms with van der Waals surface area (Å²) >= 11 is 0. The number of alkyl halides is 3. The predicted molar refractivity (Wildman–Crippen MR) is 124 cm³/mol. The van der Waals surface area contributed by atoms with E-state index in [1.54, 1.807) is 18.6 Å². The van der Waals surface area contributed by atoms with Gasteiger partial charge < -0.3 is 14.9 Å². The van der Waals surface area contributed by atoms with E-state index in [0.29, 0.717) is 35.1 Å². The predicted octanol–water partition coefficient (Wildman–Crippen LogP) is 5.54. The summed E-state index contributed by atoms with van der Waals surface area (Å²) in [5, 5.41) is 11.4. The molecule has 5 rings (SSSR count). The third-order valence-electron chi connectivity index (χ3n) is 5.52. The Labute approximate surface area is 192 Å². The van der Waals surface area contributed by atoms with Crippen molar-refractivity contribution >= 4 is 16.9 Å². The van der Waals surface area contributed by atoms with Gasteiger partial charge in [0.2, 0.25) is 0 Å². The third-order valence-corrected chi connectivity index (χ3v) is 5.52. The van der Waals surface area contributed by atoms with Gasteiger partial charge in [0.05, 0.1) is 16.6 Å². The maximum Gasteiger partial charge on any atom is 0.418 e. The molecule has 0 aliphatic carbocycles. The lowest BCUT2D eigenvalue weighted by Crippen LogP contribution is -2.05. The molecular formula is C24H20F3N7. The Morgan fingerprint density at radius 2 is 1.79 bits per heavy atom.